The van der Waals surface area contributed by atoms with Gasteiger partial charge in [-0.05, 0) is 72.5 Å². The first-order chi connectivity index (χ1) is 16.5. The van der Waals surface area contributed by atoms with E-state index < -0.39 is 12.0 Å². The zero-order valence-corrected chi connectivity index (χ0v) is 19.8. The van der Waals surface area contributed by atoms with Gasteiger partial charge in [0.2, 0.25) is 11.8 Å². The highest BCUT2D eigenvalue weighted by Crippen LogP contribution is 2.41. The summed E-state index contributed by atoms with van der Waals surface area (Å²) in [6.45, 7) is 2.10. The molecule has 1 aliphatic rings. The molecule has 1 fully saturated rings. The van der Waals surface area contributed by atoms with E-state index in [-0.39, 0.29) is 11.8 Å². The number of hydrogen-bond donors (Lipinski definition) is 1. The fourth-order valence-electron chi connectivity index (χ4n) is 4.46. The zero-order valence-electron chi connectivity index (χ0n) is 19.8. The van der Waals surface area contributed by atoms with Gasteiger partial charge in [-0.15, -0.1) is 0 Å². The summed E-state index contributed by atoms with van der Waals surface area (Å²) in [6, 6.07) is 22.4. The normalized spacial score (nSPS) is 17.9. The van der Waals surface area contributed by atoms with Gasteiger partial charge in [0, 0.05) is 17.8 Å². The predicted octanol–water partition coefficient (Wildman–Crippen LogP) is 5.39. The van der Waals surface area contributed by atoms with Crippen molar-refractivity contribution in [3.05, 3.63) is 83.9 Å². The van der Waals surface area contributed by atoms with Crippen LogP contribution in [0.15, 0.2) is 72.8 Å². The summed E-state index contributed by atoms with van der Waals surface area (Å²) in [5.41, 5.74) is 3.58. The lowest BCUT2D eigenvalue weighted by atomic mass is 9.83. The Morgan fingerprint density at radius 3 is 2.06 bits per heavy atom. The lowest BCUT2D eigenvalue weighted by molar-refractivity contribution is -0.125. The van der Waals surface area contributed by atoms with Crippen LogP contribution in [0.2, 0.25) is 0 Å². The van der Waals surface area contributed by atoms with Gasteiger partial charge < -0.3 is 19.7 Å². The molecule has 0 radical (unpaired) electrons. The van der Waals surface area contributed by atoms with Crippen molar-refractivity contribution >= 4 is 23.2 Å². The van der Waals surface area contributed by atoms with Crippen molar-refractivity contribution < 1.29 is 19.1 Å². The molecule has 0 saturated carbocycles. The summed E-state index contributed by atoms with van der Waals surface area (Å²) in [5.74, 6) is 0.899. The maximum absolute atomic E-state index is 13.5. The largest absolute Gasteiger partial charge is 0.497 e. The number of rotatable bonds is 7. The van der Waals surface area contributed by atoms with Crippen LogP contribution in [0, 0.1) is 5.92 Å². The van der Waals surface area contributed by atoms with E-state index in [4.69, 9.17) is 9.47 Å². The fourth-order valence-corrected chi connectivity index (χ4v) is 4.46. The SMILES string of the molecule is CCc1ccc(NC(=O)[C@@H]2CCC(=O)N(c3ccc(OC)cc3)[C@@H]2c2ccc(OC)cc2)cc1. The molecule has 0 spiro atoms. The quantitative estimate of drug-likeness (QED) is 0.516. The minimum Gasteiger partial charge on any atom is -0.497 e. The summed E-state index contributed by atoms with van der Waals surface area (Å²) >= 11 is 0. The molecule has 0 aliphatic carbocycles. The molecule has 6 heteroatoms. The van der Waals surface area contributed by atoms with Crippen molar-refractivity contribution in [1.82, 2.24) is 0 Å². The molecule has 6 nitrogen and oxygen atoms in total. The number of carbonyl (C=O) groups is 2. The van der Waals surface area contributed by atoms with E-state index in [9.17, 15) is 9.59 Å². The van der Waals surface area contributed by atoms with Gasteiger partial charge in [0.05, 0.1) is 26.2 Å². The van der Waals surface area contributed by atoms with E-state index >= 15 is 0 Å². The first kappa shape index (κ1) is 23.4. The molecule has 1 heterocycles. The molecule has 2 amide bonds. The first-order valence-electron chi connectivity index (χ1n) is 11.5. The van der Waals surface area contributed by atoms with E-state index in [1.165, 1.54) is 5.56 Å². The predicted molar refractivity (Wildman–Crippen MR) is 133 cm³/mol. The summed E-state index contributed by atoms with van der Waals surface area (Å²) in [6.07, 6.45) is 1.71. The lowest BCUT2D eigenvalue weighted by Crippen LogP contribution is -2.46. The molecule has 34 heavy (non-hydrogen) atoms. The Labute approximate surface area is 200 Å². The third-order valence-corrected chi connectivity index (χ3v) is 6.37. The number of benzene rings is 3. The Kier molecular flexibility index (Phi) is 7.16. The maximum atomic E-state index is 13.5. The third kappa shape index (κ3) is 4.91. The lowest BCUT2D eigenvalue weighted by Gasteiger charge is -2.41. The highest BCUT2D eigenvalue weighted by Gasteiger charge is 2.41. The number of nitrogens with zero attached hydrogens (tertiary/aromatic N) is 1. The topological polar surface area (TPSA) is 67.9 Å². The minimum atomic E-state index is -0.449. The van der Waals surface area contributed by atoms with E-state index in [1.807, 2.05) is 72.8 Å². The van der Waals surface area contributed by atoms with Gasteiger partial charge >= 0.3 is 0 Å². The van der Waals surface area contributed by atoms with Gasteiger partial charge in [-0.2, -0.15) is 0 Å². The minimum absolute atomic E-state index is 0.0117. The van der Waals surface area contributed by atoms with Gasteiger partial charge in [-0.3, -0.25) is 9.59 Å². The summed E-state index contributed by atoms with van der Waals surface area (Å²) in [5, 5.41) is 3.07. The number of nitrogens with one attached hydrogen (secondary N) is 1. The molecule has 0 aromatic heterocycles. The standard InChI is InChI=1S/C28H30N2O4/c1-4-19-5-9-21(10-6-19)29-28(32)25-17-18-26(31)30(22-11-15-24(34-3)16-12-22)27(25)20-7-13-23(33-2)14-8-20/h5-16,25,27H,4,17-18H2,1-3H3,(H,29,32)/t25-,27-/m1/s1. The van der Waals surface area contributed by atoms with E-state index in [1.54, 1.807) is 19.1 Å². The number of piperidine rings is 1. The van der Waals surface area contributed by atoms with E-state index in [0.717, 1.165) is 29.1 Å². The summed E-state index contributed by atoms with van der Waals surface area (Å²) in [7, 11) is 3.22. The monoisotopic (exact) mass is 458 g/mol. The van der Waals surface area contributed by atoms with E-state index in [2.05, 4.69) is 12.2 Å². The number of methoxy groups -OCH3 is 2. The molecule has 4 rings (SSSR count). The summed E-state index contributed by atoms with van der Waals surface area (Å²) in [4.78, 5) is 28.5. The van der Waals surface area contributed by atoms with Gasteiger partial charge in [-0.1, -0.05) is 31.2 Å². The average Bonchev–Trinajstić information content (AvgIpc) is 2.89. The highest BCUT2D eigenvalue weighted by atomic mass is 16.5. The van der Waals surface area contributed by atoms with Gasteiger partial charge in [-0.25, -0.2) is 0 Å². The Morgan fingerprint density at radius 2 is 1.50 bits per heavy atom. The van der Waals surface area contributed by atoms with Crippen LogP contribution in [0.4, 0.5) is 11.4 Å². The number of hydrogen-bond acceptors (Lipinski definition) is 4. The number of amides is 2. The van der Waals surface area contributed by atoms with Crippen LogP contribution < -0.4 is 19.7 Å². The van der Waals surface area contributed by atoms with Crippen molar-refractivity contribution in [3.8, 4) is 11.5 Å². The number of aryl methyl sites for hydroxylation is 1. The second kappa shape index (κ2) is 10.4. The molecule has 1 saturated heterocycles. The molecule has 1 aliphatic heterocycles. The molecular weight excluding hydrogens is 428 g/mol. The fraction of sp³-hybridized carbons (Fsp3) is 0.286. The number of carbonyl (C=O) groups excluding carboxylic acids is 2. The van der Waals surface area contributed by atoms with Crippen molar-refractivity contribution in [2.45, 2.75) is 32.2 Å². The van der Waals surface area contributed by atoms with Gasteiger partial charge in [0.1, 0.15) is 11.5 Å². The van der Waals surface area contributed by atoms with Crippen molar-refractivity contribution in [2.75, 3.05) is 24.4 Å². The highest BCUT2D eigenvalue weighted by molar-refractivity contribution is 6.00. The van der Waals surface area contributed by atoms with E-state index in [0.29, 0.717) is 18.6 Å². The van der Waals surface area contributed by atoms with Crippen LogP contribution in [-0.2, 0) is 16.0 Å². The third-order valence-electron chi connectivity index (χ3n) is 6.37. The molecule has 3 aromatic carbocycles. The van der Waals surface area contributed by atoms with Crippen LogP contribution in [-0.4, -0.2) is 26.0 Å². The molecule has 0 unspecified atom stereocenters. The molecule has 176 valence electrons. The van der Waals surface area contributed by atoms with Gasteiger partial charge in [0.25, 0.3) is 0 Å². The van der Waals surface area contributed by atoms with Crippen molar-refractivity contribution in [1.29, 1.82) is 0 Å². The maximum Gasteiger partial charge on any atom is 0.229 e. The van der Waals surface area contributed by atoms with Crippen LogP contribution >= 0.6 is 0 Å². The molecule has 0 bridgehead atoms. The molecule has 1 N–H and O–H groups in total. The Balaban J connectivity index is 1.70. The molecular formula is C28H30N2O4. The van der Waals surface area contributed by atoms with Crippen LogP contribution in [0.3, 0.4) is 0 Å². The first-order valence-corrected chi connectivity index (χ1v) is 11.5. The number of anilines is 2. The smallest absolute Gasteiger partial charge is 0.229 e. The molecule has 2 atom stereocenters. The zero-order chi connectivity index (χ0) is 24.1. The van der Waals surface area contributed by atoms with Crippen molar-refractivity contribution in [2.24, 2.45) is 5.92 Å². The Bertz CT molecular complexity index is 1120. The van der Waals surface area contributed by atoms with Crippen LogP contribution in [0.1, 0.15) is 36.9 Å². The van der Waals surface area contributed by atoms with Crippen molar-refractivity contribution in [3.63, 3.8) is 0 Å². The number of ether oxygens (including phenoxy) is 2. The second-order valence-corrected chi connectivity index (χ2v) is 8.36. The second-order valence-electron chi connectivity index (χ2n) is 8.36. The van der Waals surface area contributed by atoms with Crippen LogP contribution in [0.25, 0.3) is 0 Å². The Morgan fingerprint density at radius 1 is 0.912 bits per heavy atom. The average molecular weight is 459 g/mol. The van der Waals surface area contributed by atoms with Gasteiger partial charge in [0.15, 0.2) is 0 Å². The molecule has 3 aromatic rings. The summed E-state index contributed by atoms with van der Waals surface area (Å²) < 4.78 is 10.6. The Hall–Kier alpha value is -3.80. The van der Waals surface area contributed by atoms with Crippen LogP contribution in [0.5, 0.6) is 11.5 Å².